The van der Waals surface area contributed by atoms with Crippen LogP contribution in [0.4, 0.5) is 0 Å². The number of carbonyl (C=O) groups is 1. The molecule has 2 aromatic heterocycles. The van der Waals surface area contributed by atoms with E-state index in [2.05, 4.69) is 16.2 Å². The molecule has 1 saturated heterocycles. The molecule has 0 radical (unpaired) electrons. The number of piperazine rings is 1. The lowest BCUT2D eigenvalue weighted by Crippen LogP contribution is -2.48. The minimum atomic E-state index is -0.107. The van der Waals surface area contributed by atoms with Gasteiger partial charge in [-0.15, -0.1) is 0 Å². The number of halogens is 2. The van der Waals surface area contributed by atoms with Crippen LogP contribution in [0.5, 0.6) is 5.75 Å². The number of hydrogen-bond donors (Lipinski definition) is 0. The Kier molecular flexibility index (Phi) is 6.55. The van der Waals surface area contributed by atoms with Gasteiger partial charge in [-0.3, -0.25) is 14.4 Å². The van der Waals surface area contributed by atoms with Crippen LogP contribution in [0, 0.1) is 6.92 Å². The lowest BCUT2D eigenvalue weighted by atomic mass is 10.2. The lowest BCUT2D eigenvalue weighted by molar-refractivity contribution is 0.0594. The molecule has 31 heavy (non-hydrogen) atoms. The Balaban J connectivity index is 1.30. The van der Waals surface area contributed by atoms with E-state index in [1.165, 1.54) is 5.56 Å². The van der Waals surface area contributed by atoms with Crippen LogP contribution in [0.1, 0.15) is 27.6 Å². The standard InChI is InChI=1S/C22H24Cl2N4O3/c1-15-16(12-26(2)25-15)13-27-8-10-28(11-9-27)22(29)20-7-6-17(31-20)14-30-19-5-3-4-18(23)21(19)24/h3-7,12H,8-11,13-14H2,1-2H3. The highest BCUT2D eigenvalue weighted by atomic mass is 35.5. The maximum atomic E-state index is 12.8. The first-order chi connectivity index (χ1) is 14.9. The van der Waals surface area contributed by atoms with Gasteiger partial charge in [0.2, 0.25) is 0 Å². The van der Waals surface area contributed by atoms with E-state index in [0.29, 0.717) is 40.4 Å². The van der Waals surface area contributed by atoms with Gasteiger partial charge in [-0.05, 0) is 31.2 Å². The Labute approximate surface area is 191 Å². The third-order valence-corrected chi connectivity index (χ3v) is 6.13. The first kappa shape index (κ1) is 21.7. The third kappa shape index (κ3) is 5.06. The van der Waals surface area contributed by atoms with Gasteiger partial charge in [-0.25, -0.2) is 0 Å². The van der Waals surface area contributed by atoms with E-state index in [4.69, 9.17) is 32.4 Å². The number of rotatable bonds is 6. The van der Waals surface area contributed by atoms with E-state index in [-0.39, 0.29) is 12.5 Å². The molecule has 1 amide bonds. The molecule has 1 aliphatic rings. The molecule has 4 rings (SSSR count). The second-order valence-electron chi connectivity index (χ2n) is 7.59. The highest BCUT2D eigenvalue weighted by Gasteiger charge is 2.25. The van der Waals surface area contributed by atoms with Crippen LogP contribution in [-0.2, 0) is 20.2 Å². The Hall–Kier alpha value is -2.48. The summed E-state index contributed by atoms with van der Waals surface area (Å²) >= 11 is 12.1. The molecule has 0 unspecified atom stereocenters. The van der Waals surface area contributed by atoms with E-state index in [1.54, 1.807) is 30.3 Å². The Bertz CT molecular complexity index is 1070. The van der Waals surface area contributed by atoms with Gasteiger partial charge >= 0.3 is 0 Å². The van der Waals surface area contributed by atoms with Crippen molar-refractivity contribution in [2.45, 2.75) is 20.1 Å². The van der Waals surface area contributed by atoms with Crippen molar-refractivity contribution in [2.75, 3.05) is 26.2 Å². The van der Waals surface area contributed by atoms with Crippen molar-refractivity contribution in [3.8, 4) is 5.75 Å². The summed E-state index contributed by atoms with van der Waals surface area (Å²) < 4.78 is 13.2. The van der Waals surface area contributed by atoms with Crippen LogP contribution < -0.4 is 4.74 Å². The van der Waals surface area contributed by atoms with Crippen LogP contribution in [0.15, 0.2) is 40.9 Å². The maximum absolute atomic E-state index is 12.8. The summed E-state index contributed by atoms with van der Waals surface area (Å²) in [7, 11) is 1.93. The summed E-state index contributed by atoms with van der Waals surface area (Å²) in [5.74, 6) is 1.22. The molecule has 3 heterocycles. The molecule has 1 aliphatic heterocycles. The third-order valence-electron chi connectivity index (χ3n) is 5.33. The average Bonchev–Trinajstić information content (AvgIpc) is 3.35. The SMILES string of the molecule is Cc1nn(C)cc1CN1CCN(C(=O)c2ccc(COc3cccc(Cl)c3Cl)o2)CC1. The first-order valence-electron chi connectivity index (χ1n) is 10.1. The molecule has 0 spiro atoms. The van der Waals surface area contributed by atoms with Crippen LogP contribution in [-0.4, -0.2) is 51.7 Å². The van der Waals surface area contributed by atoms with Gasteiger partial charge in [-0.2, -0.15) is 5.10 Å². The van der Waals surface area contributed by atoms with Gasteiger partial charge in [0.15, 0.2) is 5.76 Å². The number of nitrogens with zero attached hydrogens (tertiary/aromatic N) is 4. The highest BCUT2D eigenvalue weighted by molar-refractivity contribution is 6.42. The number of carbonyl (C=O) groups excluding carboxylic acids is 1. The molecule has 1 aromatic carbocycles. The zero-order valence-corrected chi connectivity index (χ0v) is 19.0. The predicted molar refractivity (Wildman–Crippen MR) is 119 cm³/mol. The van der Waals surface area contributed by atoms with E-state index in [0.717, 1.165) is 25.3 Å². The minimum Gasteiger partial charge on any atom is -0.484 e. The molecule has 0 N–H and O–H groups in total. The van der Waals surface area contributed by atoms with E-state index >= 15 is 0 Å². The highest BCUT2D eigenvalue weighted by Crippen LogP contribution is 2.32. The fraction of sp³-hybridized carbons (Fsp3) is 0.364. The molecule has 3 aromatic rings. The second-order valence-corrected chi connectivity index (χ2v) is 8.37. The van der Waals surface area contributed by atoms with Crippen molar-refractivity contribution in [3.05, 3.63) is 69.4 Å². The van der Waals surface area contributed by atoms with Crippen molar-refractivity contribution in [2.24, 2.45) is 7.05 Å². The van der Waals surface area contributed by atoms with Crippen molar-refractivity contribution in [1.82, 2.24) is 19.6 Å². The minimum absolute atomic E-state index is 0.107. The number of ether oxygens (including phenoxy) is 1. The van der Waals surface area contributed by atoms with Crippen molar-refractivity contribution in [3.63, 3.8) is 0 Å². The molecule has 164 valence electrons. The fourth-order valence-corrected chi connectivity index (χ4v) is 3.97. The molecule has 0 bridgehead atoms. The zero-order valence-electron chi connectivity index (χ0n) is 17.5. The summed E-state index contributed by atoms with van der Waals surface area (Å²) in [5, 5.41) is 5.17. The number of hydrogen-bond acceptors (Lipinski definition) is 5. The van der Waals surface area contributed by atoms with Gasteiger partial charge in [-0.1, -0.05) is 29.3 Å². The zero-order chi connectivity index (χ0) is 22.0. The van der Waals surface area contributed by atoms with Crippen LogP contribution in [0.2, 0.25) is 10.0 Å². The smallest absolute Gasteiger partial charge is 0.289 e. The summed E-state index contributed by atoms with van der Waals surface area (Å²) in [6.07, 6.45) is 2.05. The van der Waals surface area contributed by atoms with Gasteiger partial charge in [0.1, 0.15) is 23.1 Å². The van der Waals surface area contributed by atoms with Crippen LogP contribution >= 0.6 is 23.2 Å². The van der Waals surface area contributed by atoms with E-state index in [1.807, 2.05) is 23.6 Å². The molecule has 7 nitrogen and oxygen atoms in total. The second kappa shape index (κ2) is 9.34. The number of benzene rings is 1. The lowest BCUT2D eigenvalue weighted by Gasteiger charge is -2.34. The topological polar surface area (TPSA) is 63.7 Å². The van der Waals surface area contributed by atoms with Crippen molar-refractivity contribution >= 4 is 29.1 Å². The summed E-state index contributed by atoms with van der Waals surface area (Å²) in [4.78, 5) is 17.0. The van der Waals surface area contributed by atoms with Crippen LogP contribution in [0.3, 0.4) is 0 Å². The number of aromatic nitrogens is 2. The largest absolute Gasteiger partial charge is 0.484 e. The molecule has 0 atom stereocenters. The van der Waals surface area contributed by atoms with Gasteiger partial charge in [0, 0.05) is 51.5 Å². The maximum Gasteiger partial charge on any atom is 0.289 e. The molecule has 9 heteroatoms. The number of aryl methyl sites for hydroxylation is 2. The van der Waals surface area contributed by atoms with E-state index < -0.39 is 0 Å². The van der Waals surface area contributed by atoms with Gasteiger partial charge in [0.05, 0.1) is 10.7 Å². The normalized spacial score (nSPS) is 14.8. The summed E-state index contributed by atoms with van der Waals surface area (Å²) in [6.45, 7) is 5.95. The monoisotopic (exact) mass is 462 g/mol. The average molecular weight is 463 g/mol. The van der Waals surface area contributed by atoms with E-state index in [9.17, 15) is 4.79 Å². The van der Waals surface area contributed by atoms with Crippen molar-refractivity contribution < 1.29 is 13.9 Å². The van der Waals surface area contributed by atoms with Gasteiger partial charge in [0.25, 0.3) is 5.91 Å². The van der Waals surface area contributed by atoms with Gasteiger partial charge < -0.3 is 14.1 Å². The number of amides is 1. The number of furan rings is 1. The van der Waals surface area contributed by atoms with Crippen molar-refractivity contribution in [1.29, 1.82) is 0 Å². The molecule has 0 saturated carbocycles. The summed E-state index contributed by atoms with van der Waals surface area (Å²) in [6, 6.07) is 8.61. The molecule has 0 aliphatic carbocycles. The molecular weight excluding hydrogens is 439 g/mol. The Morgan fingerprint density at radius 3 is 2.65 bits per heavy atom. The Morgan fingerprint density at radius 1 is 1.16 bits per heavy atom. The van der Waals surface area contributed by atoms with Crippen LogP contribution in [0.25, 0.3) is 0 Å². The molecular formula is C22H24Cl2N4O3. The Morgan fingerprint density at radius 2 is 1.94 bits per heavy atom. The fourth-order valence-electron chi connectivity index (χ4n) is 3.62. The summed E-state index contributed by atoms with van der Waals surface area (Å²) in [5.41, 5.74) is 2.27. The predicted octanol–water partition coefficient (Wildman–Crippen LogP) is 4.17. The first-order valence-corrected chi connectivity index (χ1v) is 10.8. The molecule has 1 fully saturated rings. The quantitative estimate of drug-likeness (QED) is 0.549.